The Labute approximate surface area is 119 Å². The molecule has 0 bridgehead atoms. The van der Waals surface area contributed by atoms with E-state index in [1.165, 1.54) is 44.9 Å². The summed E-state index contributed by atoms with van der Waals surface area (Å²) in [4.78, 5) is 11.6. The van der Waals surface area contributed by atoms with E-state index in [9.17, 15) is 4.79 Å². The first-order valence-corrected chi connectivity index (χ1v) is 8.16. The summed E-state index contributed by atoms with van der Waals surface area (Å²) in [6.45, 7) is 7.51. The smallest absolute Gasteiger partial charge is 0.323 e. The second-order valence-corrected chi connectivity index (χ2v) is 5.14. The summed E-state index contributed by atoms with van der Waals surface area (Å²) in [6.07, 6.45) is 11.3. The Morgan fingerprint density at radius 2 is 1.53 bits per heavy atom. The van der Waals surface area contributed by atoms with Crippen LogP contribution < -0.4 is 5.32 Å². The lowest BCUT2D eigenvalue weighted by atomic mass is 10.1. The molecule has 0 aliphatic carbocycles. The summed E-state index contributed by atoms with van der Waals surface area (Å²) in [5.41, 5.74) is 0. The maximum atomic E-state index is 11.6. The number of esters is 1. The zero-order valence-electron chi connectivity index (χ0n) is 13.2. The average molecular weight is 271 g/mol. The maximum Gasteiger partial charge on any atom is 0.323 e. The van der Waals surface area contributed by atoms with Gasteiger partial charge >= 0.3 is 5.97 Å². The normalized spacial score (nSPS) is 12.4. The molecule has 0 heterocycles. The van der Waals surface area contributed by atoms with Gasteiger partial charge in [0.15, 0.2) is 0 Å². The monoisotopic (exact) mass is 271 g/mol. The van der Waals surface area contributed by atoms with Crippen LogP contribution in [-0.4, -0.2) is 25.2 Å². The van der Waals surface area contributed by atoms with Gasteiger partial charge in [-0.1, -0.05) is 58.8 Å². The fourth-order valence-electron chi connectivity index (χ4n) is 2.17. The van der Waals surface area contributed by atoms with Gasteiger partial charge in [-0.05, 0) is 26.3 Å². The van der Waals surface area contributed by atoms with Gasteiger partial charge in [-0.15, -0.1) is 0 Å². The first-order valence-electron chi connectivity index (χ1n) is 8.16. The highest BCUT2D eigenvalue weighted by Crippen LogP contribution is 2.08. The zero-order chi connectivity index (χ0) is 14.3. The van der Waals surface area contributed by atoms with Crippen molar-refractivity contribution in [2.75, 3.05) is 13.2 Å². The summed E-state index contributed by atoms with van der Waals surface area (Å²) in [6, 6.07) is -0.121. The molecule has 1 N–H and O–H groups in total. The predicted octanol–water partition coefficient (Wildman–Crippen LogP) is 4.06. The van der Waals surface area contributed by atoms with Gasteiger partial charge in [-0.25, -0.2) is 0 Å². The van der Waals surface area contributed by atoms with Crippen LogP contribution in [-0.2, 0) is 9.53 Å². The molecular weight excluding hydrogens is 238 g/mol. The van der Waals surface area contributed by atoms with E-state index in [1.807, 2.05) is 13.8 Å². The van der Waals surface area contributed by atoms with E-state index in [-0.39, 0.29) is 12.0 Å². The lowest BCUT2D eigenvalue weighted by Gasteiger charge is -2.15. The lowest BCUT2D eigenvalue weighted by Crippen LogP contribution is -2.38. The van der Waals surface area contributed by atoms with Crippen molar-refractivity contribution < 1.29 is 9.53 Å². The topological polar surface area (TPSA) is 38.3 Å². The van der Waals surface area contributed by atoms with Crippen LogP contribution in [0.4, 0.5) is 0 Å². The number of carbonyl (C=O) groups excluding carboxylic acids is 1. The Kier molecular flexibility index (Phi) is 13.4. The second kappa shape index (κ2) is 13.9. The molecule has 0 saturated carbocycles. The number of nitrogens with one attached hydrogen (secondary N) is 1. The van der Waals surface area contributed by atoms with Gasteiger partial charge in [0.25, 0.3) is 0 Å². The molecule has 1 atom stereocenters. The molecule has 114 valence electrons. The summed E-state index contributed by atoms with van der Waals surface area (Å²) < 4.78 is 5.03. The van der Waals surface area contributed by atoms with Gasteiger partial charge in [-0.3, -0.25) is 4.79 Å². The van der Waals surface area contributed by atoms with E-state index in [4.69, 9.17) is 4.74 Å². The standard InChI is InChI=1S/C16H33NO2/c1-4-7-8-9-10-11-12-13-14-17-15(5-2)16(18)19-6-3/h15,17H,4-14H2,1-3H3. The molecule has 0 aliphatic rings. The molecule has 0 spiro atoms. The number of hydrogen-bond acceptors (Lipinski definition) is 3. The van der Waals surface area contributed by atoms with Crippen molar-refractivity contribution in [2.24, 2.45) is 0 Å². The maximum absolute atomic E-state index is 11.6. The molecule has 19 heavy (non-hydrogen) atoms. The lowest BCUT2D eigenvalue weighted by molar-refractivity contribution is -0.145. The van der Waals surface area contributed by atoms with Crippen molar-refractivity contribution in [1.82, 2.24) is 5.32 Å². The van der Waals surface area contributed by atoms with Crippen molar-refractivity contribution in [3.63, 3.8) is 0 Å². The van der Waals surface area contributed by atoms with Gasteiger partial charge in [0.1, 0.15) is 6.04 Å². The zero-order valence-corrected chi connectivity index (χ0v) is 13.2. The Morgan fingerprint density at radius 3 is 2.05 bits per heavy atom. The number of ether oxygens (including phenoxy) is 1. The molecule has 0 fully saturated rings. The van der Waals surface area contributed by atoms with Crippen LogP contribution in [0.3, 0.4) is 0 Å². The van der Waals surface area contributed by atoms with Crippen LogP contribution in [0.2, 0.25) is 0 Å². The average Bonchev–Trinajstić information content (AvgIpc) is 2.41. The first kappa shape index (κ1) is 18.4. The van der Waals surface area contributed by atoms with E-state index < -0.39 is 0 Å². The molecule has 1 unspecified atom stereocenters. The molecule has 3 heteroatoms. The molecule has 0 radical (unpaired) electrons. The van der Waals surface area contributed by atoms with Crippen molar-refractivity contribution in [2.45, 2.75) is 84.6 Å². The van der Waals surface area contributed by atoms with Gasteiger partial charge in [-0.2, -0.15) is 0 Å². The minimum absolute atomic E-state index is 0.107. The number of rotatable bonds is 13. The van der Waals surface area contributed by atoms with Crippen LogP contribution in [0.15, 0.2) is 0 Å². The first-order chi connectivity index (χ1) is 9.26. The summed E-state index contributed by atoms with van der Waals surface area (Å²) >= 11 is 0. The Morgan fingerprint density at radius 1 is 0.947 bits per heavy atom. The Hall–Kier alpha value is -0.570. The number of unbranched alkanes of at least 4 members (excludes halogenated alkanes) is 7. The third-order valence-corrected chi connectivity index (χ3v) is 3.40. The fraction of sp³-hybridized carbons (Fsp3) is 0.938. The highest BCUT2D eigenvalue weighted by molar-refractivity contribution is 5.75. The van der Waals surface area contributed by atoms with E-state index >= 15 is 0 Å². The summed E-state index contributed by atoms with van der Waals surface area (Å²) in [7, 11) is 0. The third kappa shape index (κ3) is 11.0. The molecule has 0 amide bonds. The molecule has 0 aliphatic heterocycles. The van der Waals surface area contributed by atoms with Crippen molar-refractivity contribution in [3.8, 4) is 0 Å². The third-order valence-electron chi connectivity index (χ3n) is 3.40. The van der Waals surface area contributed by atoms with Gasteiger partial charge in [0, 0.05) is 0 Å². The molecule has 0 saturated heterocycles. The van der Waals surface area contributed by atoms with Crippen LogP contribution in [0.1, 0.15) is 78.6 Å². The van der Waals surface area contributed by atoms with Crippen molar-refractivity contribution in [1.29, 1.82) is 0 Å². The number of carbonyl (C=O) groups is 1. The number of hydrogen-bond donors (Lipinski definition) is 1. The SMILES string of the molecule is CCCCCCCCCCNC(CC)C(=O)OCC. The Balaban J connectivity index is 3.38. The minimum atomic E-state index is -0.121. The Bertz CT molecular complexity index is 207. The summed E-state index contributed by atoms with van der Waals surface area (Å²) in [5, 5.41) is 3.29. The quantitative estimate of drug-likeness (QED) is 0.405. The van der Waals surface area contributed by atoms with Gasteiger partial charge in [0.2, 0.25) is 0 Å². The van der Waals surface area contributed by atoms with Crippen LogP contribution >= 0.6 is 0 Å². The van der Waals surface area contributed by atoms with E-state index in [1.54, 1.807) is 0 Å². The van der Waals surface area contributed by atoms with Crippen LogP contribution in [0, 0.1) is 0 Å². The van der Waals surface area contributed by atoms with E-state index in [2.05, 4.69) is 12.2 Å². The molecular formula is C16H33NO2. The molecule has 0 aromatic carbocycles. The second-order valence-electron chi connectivity index (χ2n) is 5.14. The van der Waals surface area contributed by atoms with Gasteiger partial charge in [0.05, 0.1) is 6.61 Å². The fourth-order valence-corrected chi connectivity index (χ4v) is 2.17. The molecule has 0 aromatic heterocycles. The highest BCUT2D eigenvalue weighted by Gasteiger charge is 2.15. The highest BCUT2D eigenvalue weighted by atomic mass is 16.5. The molecule has 3 nitrogen and oxygen atoms in total. The summed E-state index contributed by atoms with van der Waals surface area (Å²) in [5.74, 6) is -0.107. The van der Waals surface area contributed by atoms with Crippen molar-refractivity contribution >= 4 is 5.97 Å². The van der Waals surface area contributed by atoms with E-state index in [0.717, 1.165) is 19.4 Å². The predicted molar refractivity (Wildman–Crippen MR) is 81.3 cm³/mol. The largest absolute Gasteiger partial charge is 0.465 e. The van der Waals surface area contributed by atoms with Crippen LogP contribution in [0.25, 0.3) is 0 Å². The van der Waals surface area contributed by atoms with Crippen molar-refractivity contribution in [3.05, 3.63) is 0 Å². The molecule has 0 rings (SSSR count). The minimum Gasteiger partial charge on any atom is -0.465 e. The van der Waals surface area contributed by atoms with E-state index in [0.29, 0.717) is 6.61 Å². The molecule has 0 aromatic rings. The van der Waals surface area contributed by atoms with Crippen LogP contribution in [0.5, 0.6) is 0 Å². The van der Waals surface area contributed by atoms with Gasteiger partial charge < -0.3 is 10.1 Å².